The van der Waals surface area contributed by atoms with Crippen LogP contribution in [0.15, 0.2) is 41.3 Å². The molecular formula is C16H22N4O4. The van der Waals surface area contributed by atoms with Crippen molar-refractivity contribution in [2.45, 2.75) is 6.42 Å². The van der Waals surface area contributed by atoms with Gasteiger partial charge in [0.15, 0.2) is 0 Å². The normalized spacial score (nSPS) is 15.8. The van der Waals surface area contributed by atoms with E-state index in [1.54, 1.807) is 0 Å². The topological polar surface area (TPSA) is 107 Å². The third-order valence-electron chi connectivity index (χ3n) is 3.50. The Morgan fingerprint density at radius 3 is 2.96 bits per heavy atom. The molecule has 0 aliphatic carbocycles. The molecule has 0 saturated carbocycles. The third-order valence-corrected chi connectivity index (χ3v) is 3.50. The van der Waals surface area contributed by atoms with Crippen LogP contribution in [0.1, 0.15) is 6.42 Å². The highest BCUT2D eigenvalue weighted by atomic mass is 16.5. The van der Waals surface area contributed by atoms with Crippen molar-refractivity contribution in [3.63, 3.8) is 0 Å². The number of carboxylic acids is 1. The Hall–Kier alpha value is -2.45. The summed E-state index contributed by atoms with van der Waals surface area (Å²) < 4.78 is 11.1. The van der Waals surface area contributed by atoms with Crippen LogP contribution in [0.3, 0.4) is 0 Å². The Kier molecular flexibility index (Phi) is 7.19. The lowest BCUT2D eigenvalue weighted by atomic mass is 10.3. The smallest absolute Gasteiger partial charge is 0.309 e. The van der Waals surface area contributed by atoms with Crippen LogP contribution in [-0.4, -0.2) is 55.4 Å². The van der Waals surface area contributed by atoms with Crippen LogP contribution in [0.5, 0.6) is 5.75 Å². The van der Waals surface area contributed by atoms with Crippen molar-refractivity contribution in [1.29, 1.82) is 5.53 Å². The molecule has 0 spiro atoms. The zero-order valence-electron chi connectivity index (χ0n) is 13.4. The summed E-state index contributed by atoms with van der Waals surface area (Å²) in [5, 5.41) is 14.8. The van der Waals surface area contributed by atoms with Crippen molar-refractivity contribution in [1.82, 2.24) is 4.90 Å². The Morgan fingerprint density at radius 2 is 2.25 bits per heavy atom. The SMILES string of the molecule is N=N/C(=C\Nc1cccc(OCCN2CCOCC2)c1)CC(=O)O. The van der Waals surface area contributed by atoms with Gasteiger partial charge in [0, 0.05) is 37.6 Å². The number of hydrogen-bond donors (Lipinski definition) is 3. The second-order valence-electron chi connectivity index (χ2n) is 5.29. The lowest BCUT2D eigenvalue weighted by Crippen LogP contribution is -2.38. The number of carbonyl (C=O) groups is 1. The van der Waals surface area contributed by atoms with Gasteiger partial charge in [0.05, 0.1) is 25.3 Å². The van der Waals surface area contributed by atoms with E-state index in [0.717, 1.165) is 44.3 Å². The number of hydrogen-bond acceptors (Lipinski definition) is 7. The largest absolute Gasteiger partial charge is 0.492 e. The molecule has 1 saturated heterocycles. The van der Waals surface area contributed by atoms with Crippen LogP contribution in [0, 0.1) is 5.53 Å². The number of nitrogens with zero attached hydrogens (tertiary/aromatic N) is 2. The van der Waals surface area contributed by atoms with Crippen molar-refractivity contribution < 1.29 is 19.4 Å². The zero-order chi connectivity index (χ0) is 17.2. The fraction of sp³-hybridized carbons (Fsp3) is 0.438. The number of rotatable bonds is 9. The van der Waals surface area contributed by atoms with Crippen molar-refractivity contribution in [2.75, 3.05) is 44.8 Å². The first-order chi connectivity index (χ1) is 11.7. The van der Waals surface area contributed by atoms with Crippen molar-refractivity contribution in [3.05, 3.63) is 36.2 Å². The van der Waals surface area contributed by atoms with E-state index in [1.165, 1.54) is 6.20 Å². The summed E-state index contributed by atoms with van der Waals surface area (Å²) in [5.41, 5.74) is 7.85. The summed E-state index contributed by atoms with van der Waals surface area (Å²) in [4.78, 5) is 12.9. The quantitative estimate of drug-likeness (QED) is 0.597. The molecule has 130 valence electrons. The molecule has 0 bridgehead atoms. The second kappa shape index (κ2) is 9.64. The van der Waals surface area contributed by atoms with E-state index in [-0.39, 0.29) is 12.1 Å². The predicted molar refractivity (Wildman–Crippen MR) is 88.3 cm³/mol. The molecule has 2 rings (SSSR count). The first kappa shape index (κ1) is 17.9. The minimum absolute atomic E-state index is 0.140. The maximum Gasteiger partial charge on any atom is 0.309 e. The standard InChI is InChI=1S/C16H22N4O4/c17-19-14(11-16(21)22)12-18-13-2-1-3-15(10-13)24-9-6-20-4-7-23-8-5-20/h1-3,10,12,17-18H,4-9,11H2,(H,21,22)/b14-12-,19-17?. The molecule has 3 N–H and O–H groups in total. The Bertz CT molecular complexity index is 585. The van der Waals surface area contributed by atoms with E-state index >= 15 is 0 Å². The summed E-state index contributed by atoms with van der Waals surface area (Å²) in [5.74, 6) is -0.302. The average molecular weight is 334 g/mol. The molecule has 0 unspecified atom stereocenters. The van der Waals surface area contributed by atoms with Gasteiger partial charge < -0.3 is 19.9 Å². The van der Waals surface area contributed by atoms with Gasteiger partial charge >= 0.3 is 5.97 Å². The maximum atomic E-state index is 10.6. The molecule has 1 aromatic rings. The zero-order valence-corrected chi connectivity index (χ0v) is 13.4. The van der Waals surface area contributed by atoms with E-state index in [9.17, 15) is 4.79 Å². The number of morpholine rings is 1. The molecule has 1 aliphatic rings. The Labute approximate surface area is 140 Å². The van der Waals surface area contributed by atoms with Crippen molar-refractivity contribution in [3.8, 4) is 5.75 Å². The molecule has 0 aromatic heterocycles. The summed E-state index contributed by atoms with van der Waals surface area (Å²) in [6.07, 6.45) is 1.11. The molecular weight excluding hydrogens is 312 g/mol. The van der Waals surface area contributed by atoms with E-state index in [2.05, 4.69) is 15.3 Å². The van der Waals surface area contributed by atoms with Crippen LogP contribution >= 0.6 is 0 Å². The molecule has 24 heavy (non-hydrogen) atoms. The van der Waals surface area contributed by atoms with Gasteiger partial charge in [-0.3, -0.25) is 9.69 Å². The fourth-order valence-corrected chi connectivity index (χ4v) is 2.24. The number of ether oxygens (including phenoxy) is 2. The van der Waals surface area contributed by atoms with Gasteiger partial charge in [0.1, 0.15) is 12.4 Å². The van der Waals surface area contributed by atoms with E-state index < -0.39 is 5.97 Å². The predicted octanol–water partition coefficient (Wildman–Crippen LogP) is 2.16. The summed E-state index contributed by atoms with van der Waals surface area (Å²) >= 11 is 0. The molecule has 0 amide bonds. The number of aliphatic carboxylic acids is 1. The monoisotopic (exact) mass is 334 g/mol. The first-order valence-corrected chi connectivity index (χ1v) is 7.75. The Balaban J connectivity index is 1.82. The number of nitrogens with one attached hydrogen (secondary N) is 2. The number of benzene rings is 1. The first-order valence-electron chi connectivity index (χ1n) is 7.75. The fourth-order valence-electron chi connectivity index (χ4n) is 2.24. The highest BCUT2D eigenvalue weighted by molar-refractivity contribution is 5.70. The number of anilines is 1. The van der Waals surface area contributed by atoms with Gasteiger partial charge in [-0.1, -0.05) is 6.07 Å². The van der Waals surface area contributed by atoms with Gasteiger partial charge in [-0.25, -0.2) is 5.53 Å². The van der Waals surface area contributed by atoms with E-state index in [0.29, 0.717) is 6.61 Å². The summed E-state index contributed by atoms with van der Waals surface area (Å²) in [6, 6.07) is 7.35. The molecule has 1 aromatic carbocycles. The number of carboxylic acid groups (broad SMARTS) is 1. The highest BCUT2D eigenvalue weighted by Crippen LogP contribution is 2.18. The molecule has 0 atom stereocenters. The van der Waals surface area contributed by atoms with Crippen LogP contribution in [0.4, 0.5) is 5.69 Å². The molecule has 8 nitrogen and oxygen atoms in total. The summed E-state index contributed by atoms with van der Waals surface area (Å²) in [7, 11) is 0. The molecule has 0 radical (unpaired) electrons. The minimum atomic E-state index is -1.03. The average Bonchev–Trinajstić information content (AvgIpc) is 2.59. The minimum Gasteiger partial charge on any atom is -0.492 e. The van der Waals surface area contributed by atoms with Crippen LogP contribution < -0.4 is 10.1 Å². The highest BCUT2D eigenvalue weighted by Gasteiger charge is 2.09. The maximum absolute atomic E-state index is 10.6. The van der Waals surface area contributed by atoms with Gasteiger partial charge in [-0.15, -0.1) is 0 Å². The molecule has 8 heteroatoms. The van der Waals surface area contributed by atoms with Crippen LogP contribution in [-0.2, 0) is 9.53 Å². The van der Waals surface area contributed by atoms with Crippen LogP contribution in [0.25, 0.3) is 0 Å². The lowest BCUT2D eigenvalue weighted by molar-refractivity contribution is -0.136. The molecule has 1 heterocycles. The van der Waals surface area contributed by atoms with Gasteiger partial charge in [-0.05, 0) is 12.1 Å². The molecule has 1 fully saturated rings. The van der Waals surface area contributed by atoms with Gasteiger partial charge in [0.25, 0.3) is 0 Å². The summed E-state index contributed by atoms with van der Waals surface area (Å²) in [6.45, 7) is 4.83. The Morgan fingerprint density at radius 1 is 1.46 bits per heavy atom. The molecule has 1 aliphatic heterocycles. The van der Waals surface area contributed by atoms with Gasteiger partial charge in [-0.2, -0.15) is 5.11 Å². The van der Waals surface area contributed by atoms with Gasteiger partial charge in [0.2, 0.25) is 0 Å². The van der Waals surface area contributed by atoms with Crippen molar-refractivity contribution in [2.24, 2.45) is 5.11 Å². The van der Waals surface area contributed by atoms with E-state index in [1.807, 2.05) is 24.3 Å². The third kappa shape index (κ3) is 6.35. The van der Waals surface area contributed by atoms with Crippen molar-refractivity contribution >= 4 is 11.7 Å². The second-order valence-corrected chi connectivity index (χ2v) is 5.29. The van der Waals surface area contributed by atoms with E-state index in [4.69, 9.17) is 20.1 Å². The lowest BCUT2D eigenvalue weighted by Gasteiger charge is -2.26. The van der Waals surface area contributed by atoms with Crippen LogP contribution in [0.2, 0.25) is 0 Å².